The van der Waals surface area contributed by atoms with Crippen LogP contribution < -0.4 is 11.1 Å². The summed E-state index contributed by atoms with van der Waals surface area (Å²) in [6.07, 6.45) is 8.95. The molecule has 2 aliphatic rings. The first-order chi connectivity index (χ1) is 16.6. The second-order valence-corrected chi connectivity index (χ2v) is 10.00. The van der Waals surface area contributed by atoms with Gasteiger partial charge in [-0.25, -0.2) is 4.79 Å². The van der Waals surface area contributed by atoms with Crippen molar-refractivity contribution in [2.75, 3.05) is 40.0 Å². The number of urea groups is 1. The van der Waals surface area contributed by atoms with Gasteiger partial charge in [0.15, 0.2) is 0 Å². The summed E-state index contributed by atoms with van der Waals surface area (Å²) in [5.41, 5.74) is 6.94. The number of amides is 2. The lowest BCUT2D eigenvalue weighted by atomic mass is 9.83. The van der Waals surface area contributed by atoms with Gasteiger partial charge in [-0.1, -0.05) is 62.4 Å². The standard InChI is InChI=1S/C27H45N3O4/c1-33-16-9-17-34-26(22-12-6-3-7-13-22)23-14-8-15-30(20-23)27(32)29-24(25(31)19-28)18-21-10-4-2-5-11-21/h3,6-7,12-13,21,23-26,31H,2,4-5,8-11,14-20,28H2,1H3,(H,29,32)/t23-,24+,25-,26+/m1/s1. The Morgan fingerprint density at radius 3 is 2.62 bits per heavy atom. The molecule has 0 aromatic heterocycles. The number of nitrogens with two attached hydrogens (primary N) is 1. The predicted octanol–water partition coefficient (Wildman–Crippen LogP) is 3.86. The number of hydrogen-bond donors (Lipinski definition) is 3. The van der Waals surface area contributed by atoms with Crippen molar-refractivity contribution in [1.29, 1.82) is 0 Å². The highest BCUT2D eigenvalue weighted by molar-refractivity contribution is 5.74. The van der Waals surface area contributed by atoms with Crippen LogP contribution in [0.25, 0.3) is 0 Å². The quantitative estimate of drug-likeness (QED) is 0.399. The highest BCUT2D eigenvalue weighted by atomic mass is 16.5. The Morgan fingerprint density at radius 2 is 1.91 bits per heavy atom. The van der Waals surface area contributed by atoms with E-state index in [0.29, 0.717) is 25.7 Å². The lowest BCUT2D eigenvalue weighted by molar-refractivity contribution is -0.0171. The zero-order valence-electron chi connectivity index (χ0n) is 20.9. The summed E-state index contributed by atoms with van der Waals surface area (Å²) in [6.45, 7) is 2.83. The molecule has 0 radical (unpaired) electrons. The first kappa shape index (κ1) is 26.9. The first-order valence-electron chi connectivity index (χ1n) is 13.2. The largest absolute Gasteiger partial charge is 0.390 e. The molecule has 1 aliphatic heterocycles. The maximum Gasteiger partial charge on any atom is 0.317 e. The molecule has 1 aliphatic carbocycles. The molecule has 0 spiro atoms. The summed E-state index contributed by atoms with van der Waals surface area (Å²) in [5.74, 6) is 0.776. The van der Waals surface area contributed by atoms with E-state index in [0.717, 1.165) is 37.8 Å². The summed E-state index contributed by atoms with van der Waals surface area (Å²) in [4.78, 5) is 15.2. The van der Waals surface area contributed by atoms with E-state index in [9.17, 15) is 9.90 Å². The van der Waals surface area contributed by atoms with Gasteiger partial charge in [0, 0.05) is 45.9 Å². The molecule has 192 valence electrons. The van der Waals surface area contributed by atoms with Crippen molar-refractivity contribution in [2.24, 2.45) is 17.6 Å². The third kappa shape index (κ3) is 8.22. The van der Waals surface area contributed by atoms with Crippen LogP contribution in [0.2, 0.25) is 0 Å². The molecule has 0 unspecified atom stereocenters. The van der Waals surface area contributed by atoms with Crippen LogP contribution in [0.3, 0.4) is 0 Å². The number of likely N-dealkylation sites (tertiary alicyclic amines) is 1. The van der Waals surface area contributed by atoms with Gasteiger partial charge in [0.25, 0.3) is 0 Å². The maximum absolute atomic E-state index is 13.3. The number of piperidine rings is 1. The van der Waals surface area contributed by atoms with E-state index in [-0.39, 0.29) is 30.6 Å². The number of carbonyl (C=O) groups excluding carboxylic acids is 1. The van der Waals surface area contributed by atoms with Crippen molar-refractivity contribution < 1.29 is 19.4 Å². The van der Waals surface area contributed by atoms with Gasteiger partial charge in [-0.3, -0.25) is 0 Å². The Bertz CT molecular complexity index is 698. The molecular weight excluding hydrogens is 430 g/mol. The highest BCUT2D eigenvalue weighted by Crippen LogP contribution is 2.33. The van der Waals surface area contributed by atoms with E-state index in [1.165, 1.54) is 32.1 Å². The molecule has 1 aromatic carbocycles. The molecule has 1 heterocycles. The monoisotopic (exact) mass is 475 g/mol. The molecule has 2 fully saturated rings. The fourth-order valence-electron chi connectivity index (χ4n) is 5.51. The number of carbonyl (C=O) groups is 1. The molecule has 0 bridgehead atoms. The molecule has 7 nitrogen and oxygen atoms in total. The average Bonchev–Trinajstić information content (AvgIpc) is 2.89. The van der Waals surface area contributed by atoms with Crippen LogP contribution in [-0.4, -0.2) is 68.1 Å². The minimum Gasteiger partial charge on any atom is -0.390 e. The Hall–Kier alpha value is -1.67. The topological polar surface area (TPSA) is 97.0 Å². The predicted molar refractivity (Wildman–Crippen MR) is 134 cm³/mol. The van der Waals surface area contributed by atoms with Crippen LogP contribution in [0.1, 0.15) is 69.5 Å². The summed E-state index contributed by atoms with van der Waals surface area (Å²) in [6, 6.07) is 9.92. The van der Waals surface area contributed by atoms with Crippen LogP contribution in [0.15, 0.2) is 30.3 Å². The molecule has 1 saturated heterocycles. The highest BCUT2D eigenvalue weighted by Gasteiger charge is 2.33. The number of aliphatic hydroxyl groups excluding tert-OH is 1. The van der Waals surface area contributed by atoms with Gasteiger partial charge in [0.2, 0.25) is 0 Å². The fourth-order valence-corrected chi connectivity index (χ4v) is 5.51. The van der Waals surface area contributed by atoms with Crippen LogP contribution in [0.4, 0.5) is 4.79 Å². The number of nitrogens with zero attached hydrogens (tertiary/aromatic N) is 1. The van der Waals surface area contributed by atoms with Gasteiger partial charge in [0.1, 0.15) is 0 Å². The van der Waals surface area contributed by atoms with Crippen LogP contribution >= 0.6 is 0 Å². The van der Waals surface area contributed by atoms with Crippen LogP contribution in [0.5, 0.6) is 0 Å². The molecule has 4 N–H and O–H groups in total. The Balaban J connectivity index is 1.62. The lowest BCUT2D eigenvalue weighted by Gasteiger charge is -2.38. The third-order valence-corrected chi connectivity index (χ3v) is 7.42. The molecule has 34 heavy (non-hydrogen) atoms. The first-order valence-corrected chi connectivity index (χ1v) is 13.2. The zero-order chi connectivity index (χ0) is 24.2. The minimum atomic E-state index is -0.715. The average molecular weight is 476 g/mol. The van der Waals surface area contributed by atoms with Gasteiger partial charge in [-0.2, -0.15) is 0 Å². The normalized spacial score (nSPS) is 22.2. The Morgan fingerprint density at radius 1 is 1.15 bits per heavy atom. The van der Waals surface area contributed by atoms with Crippen molar-refractivity contribution >= 4 is 6.03 Å². The van der Waals surface area contributed by atoms with Crippen LogP contribution in [0, 0.1) is 11.8 Å². The van der Waals surface area contributed by atoms with E-state index in [1.54, 1.807) is 7.11 Å². The number of methoxy groups -OCH3 is 1. The Labute approximate surface area is 205 Å². The molecule has 4 atom stereocenters. The number of nitrogens with one attached hydrogen (secondary N) is 1. The smallest absolute Gasteiger partial charge is 0.317 e. The van der Waals surface area contributed by atoms with Gasteiger partial charge < -0.3 is 30.5 Å². The lowest BCUT2D eigenvalue weighted by Crippen LogP contribution is -2.54. The van der Waals surface area contributed by atoms with Crippen LogP contribution in [-0.2, 0) is 9.47 Å². The molecular formula is C27H45N3O4. The van der Waals surface area contributed by atoms with E-state index >= 15 is 0 Å². The molecule has 1 aromatic rings. The second-order valence-electron chi connectivity index (χ2n) is 10.00. The minimum absolute atomic E-state index is 0.0543. The van der Waals surface area contributed by atoms with E-state index in [4.69, 9.17) is 15.2 Å². The van der Waals surface area contributed by atoms with Crippen molar-refractivity contribution in [3.63, 3.8) is 0 Å². The van der Waals surface area contributed by atoms with E-state index in [2.05, 4.69) is 17.4 Å². The summed E-state index contributed by atoms with van der Waals surface area (Å²) in [7, 11) is 1.70. The SMILES string of the molecule is COCCCO[C@@H](c1ccccc1)[C@@H]1CCCN(C(=O)N[C@@H](CC2CCCCC2)[C@H](O)CN)C1. The maximum atomic E-state index is 13.3. The summed E-state index contributed by atoms with van der Waals surface area (Å²) >= 11 is 0. The number of aliphatic hydroxyl groups is 1. The van der Waals surface area contributed by atoms with Crippen molar-refractivity contribution in [3.8, 4) is 0 Å². The number of benzene rings is 1. The number of ether oxygens (including phenoxy) is 2. The zero-order valence-corrected chi connectivity index (χ0v) is 20.9. The third-order valence-electron chi connectivity index (χ3n) is 7.42. The molecule has 2 amide bonds. The van der Waals surface area contributed by atoms with Gasteiger partial charge in [-0.15, -0.1) is 0 Å². The van der Waals surface area contributed by atoms with Gasteiger partial charge in [-0.05, 0) is 37.2 Å². The van der Waals surface area contributed by atoms with Gasteiger partial charge >= 0.3 is 6.03 Å². The van der Waals surface area contributed by atoms with E-state index < -0.39 is 6.10 Å². The van der Waals surface area contributed by atoms with Crippen molar-refractivity contribution in [2.45, 2.75) is 76.0 Å². The van der Waals surface area contributed by atoms with Gasteiger partial charge in [0.05, 0.1) is 18.2 Å². The van der Waals surface area contributed by atoms with Crippen molar-refractivity contribution in [1.82, 2.24) is 10.2 Å². The van der Waals surface area contributed by atoms with Crippen molar-refractivity contribution in [3.05, 3.63) is 35.9 Å². The summed E-state index contributed by atoms with van der Waals surface area (Å²) in [5, 5.41) is 13.7. The number of hydrogen-bond acceptors (Lipinski definition) is 5. The fraction of sp³-hybridized carbons (Fsp3) is 0.741. The Kier molecular flexibility index (Phi) is 11.6. The molecule has 7 heteroatoms. The molecule has 1 saturated carbocycles. The number of rotatable bonds is 12. The molecule has 3 rings (SSSR count). The second kappa shape index (κ2) is 14.7. The summed E-state index contributed by atoms with van der Waals surface area (Å²) < 4.78 is 11.5. The van der Waals surface area contributed by atoms with E-state index in [1.807, 2.05) is 23.1 Å².